The maximum Gasteiger partial charge on any atom is 0.271 e. The predicted octanol–water partition coefficient (Wildman–Crippen LogP) is -0.0762. The molecule has 0 fully saturated rings. The molecule has 1 heterocycles. The standard InChI is InChI=1S/C13H16N2O3S/c1-2-19(18)10-8-15-13(17)12-11(6-4-9-16)5-3-7-14-12/h3,5,7,16H,2,8-10H2,1H3,(H,15,17). The molecule has 2 N–H and O–H groups in total. The summed E-state index contributed by atoms with van der Waals surface area (Å²) in [6.07, 6.45) is 1.50. The van der Waals surface area contributed by atoms with Crippen molar-refractivity contribution in [1.82, 2.24) is 10.3 Å². The van der Waals surface area contributed by atoms with Crippen LogP contribution in [0.1, 0.15) is 23.0 Å². The quantitative estimate of drug-likeness (QED) is 0.740. The number of nitrogens with one attached hydrogen (secondary N) is 1. The second kappa shape index (κ2) is 8.40. The number of nitrogens with zero attached hydrogens (tertiary/aromatic N) is 1. The Morgan fingerprint density at radius 3 is 3.05 bits per heavy atom. The van der Waals surface area contributed by atoms with E-state index in [-0.39, 0.29) is 18.2 Å². The van der Waals surface area contributed by atoms with Gasteiger partial charge in [0, 0.05) is 35.0 Å². The Balaban J connectivity index is 2.69. The molecule has 1 atom stereocenters. The third-order valence-electron chi connectivity index (χ3n) is 2.26. The summed E-state index contributed by atoms with van der Waals surface area (Å²) < 4.78 is 11.2. The lowest BCUT2D eigenvalue weighted by molar-refractivity contribution is 0.0951. The summed E-state index contributed by atoms with van der Waals surface area (Å²) >= 11 is 0. The number of carbonyl (C=O) groups excluding carboxylic acids is 1. The minimum atomic E-state index is -0.906. The Morgan fingerprint density at radius 1 is 1.58 bits per heavy atom. The summed E-state index contributed by atoms with van der Waals surface area (Å²) in [5, 5.41) is 11.3. The van der Waals surface area contributed by atoms with Crippen molar-refractivity contribution in [2.24, 2.45) is 0 Å². The van der Waals surface area contributed by atoms with Crippen molar-refractivity contribution in [2.45, 2.75) is 6.92 Å². The predicted molar refractivity (Wildman–Crippen MR) is 74.1 cm³/mol. The Labute approximate surface area is 114 Å². The zero-order valence-electron chi connectivity index (χ0n) is 10.7. The van der Waals surface area contributed by atoms with Crippen molar-refractivity contribution >= 4 is 16.7 Å². The minimum Gasteiger partial charge on any atom is -0.384 e. The van der Waals surface area contributed by atoms with Crippen LogP contribution in [0.25, 0.3) is 0 Å². The molecule has 102 valence electrons. The van der Waals surface area contributed by atoms with Gasteiger partial charge in [-0.3, -0.25) is 9.00 Å². The number of pyridine rings is 1. The molecular weight excluding hydrogens is 264 g/mol. The normalized spacial score (nSPS) is 11.3. The Bertz CT molecular complexity index is 520. The molecule has 0 radical (unpaired) electrons. The molecule has 1 aromatic heterocycles. The van der Waals surface area contributed by atoms with Gasteiger partial charge >= 0.3 is 0 Å². The second-order valence-electron chi connectivity index (χ2n) is 3.55. The molecule has 0 bridgehead atoms. The van der Waals surface area contributed by atoms with E-state index in [1.54, 1.807) is 12.1 Å². The molecular formula is C13H16N2O3S. The molecule has 5 nitrogen and oxygen atoms in total. The van der Waals surface area contributed by atoms with Gasteiger partial charge in [-0.1, -0.05) is 18.8 Å². The van der Waals surface area contributed by atoms with Gasteiger partial charge in [-0.25, -0.2) is 4.98 Å². The molecule has 0 aliphatic rings. The third-order valence-corrected chi connectivity index (χ3v) is 3.57. The fourth-order valence-corrected chi connectivity index (χ4v) is 1.95. The highest BCUT2D eigenvalue weighted by Gasteiger charge is 2.11. The number of aliphatic hydroxyl groups is 1. The smallest absolute Gasteiger partial charge is 0.271 e. The maximum absolute atomic E-state index is 11.9. The van der Waals surface area contributed by atoms with E-state index >= 15 is 0 Å². The van der Waals surface area contributed by atoms with Crippen LogP contribution < -0.4 is 5.32 Å². The van der Waals surface area contributed by atoms with Gasteiger partial charge in [0.15, 0.2) is 0 Å². The lowest BCUT2D eigenvalue weighted by Crippen LogP contribution is -2.29. The van der Waals surface area contributed by atoms with Gasteiger partial charge in [-0.15, -0.1) is 0 Å². The monoisotopic (exact) mass is 280 g/mol. The van der Waals surface area contributed by atoms with Gasteiger partial charge in [0.2, 0.25) is 0 Å². The maximum atomic E-state index is 11.9. The molecule has 0 aromatic carbocycles. The van der Waals surface area contributed by atoms with Crippen molar-refractivity contribution in [3.63, 3.8) is 0 Å². The number of hydrogen-bond acceptors (Lipinski definition) is 4. The Hall–Kier alpha value is -1.71. The summed E-state index contributed by atoms with van der Waals surface area (Å²) in [4.78, 5) is 15.9. The number of aromatic nitrogens is 1. The molecule has 1 amide bonds. The van der Waals surface area contributed by atoms with Crippen molar-refractivity contribution in [3.8, 4) is 11.8 Å². The molecule has 0 saturated heterocycles. The minimum absolute atomic E-state index is 0.214. The summed E-state index contributed by atoms with van der Waals surface area (Å²) in [5.41, 5.74) is 0.677. The van der Waals surface area contributed by atoms with Gasteiger partial charge in [0.05, 0.1) is 5.56 Å². The molecule has 1 aromatic rings. The molecule has 19 heavy (non-hydrogen) atoms. The van der Waals surface area contributed by atoms with Gasteiger partial charge < -0.3 is 10.4 Å². The van der Waals surface area contributed by atoms with Crippen molar-refractivity contribution in [3.05, 3.63) is 29.6 Å². The summed E-state index contributed by atoms with van der Waals surface area (Å²) in [5.74, 6) is 5.80. The number of carbonyl (C=O) groups is 1. The van der Waals surface area contributed by atoms with Gasteiger partial charge in [0.25, 0.3) is 5.91 Å². The van der Waals surface area contributed by atoms with E-state index in [0.29, 0.717) is 23.6 Å². The lowest BCUT2D eigenvalue weighted by Gasteiger charge is -2.05. The highest BCUT2D eigenvalue weighted by molar-refractivity contribution is 7.84. The fourth-order valence-electron chi connectivity index (χ4n) is 1.33. The molecule has 1 unspecified atom stereocenters. The van der Waals surface area contributed by atoms with Crippen LogP contribution in [-0.2, 0) is 10.8 Å². The molecule has 0 saturated carbocycles. The first-order chi connectivity index (χ1) is 9.19. The molecule has 1 rings (SSSR count). The number of rotatable bonds is 5. The van der Waals surface area contributed by atoms with E-state index in [0.717, 1.165) is 0 Å². The van der Waals surface area contributed by atoms with Crippen LogP contribution in [0.5, 0.6) is 0 Å². The summed E-state index contributed by atoms with van der Waals surface area (Å²) in [6.45, 7) is 1.90. The third kappa shape index (κ3) is 5.20. The highest BCUT2D eigenvalue weighted by Crippen LogP contribution is 2.03. The van der Waals surface area contributed by atoms with Crippen molar-refractivity contribution in [2.75, 3.05) is 24.7 Å². The first-order valence-electron chi connectivity index (χ1n) is 5.87. The largest absolute Gasteiger partial charge is 0.384 e. The van der Waals surface area contributed by atoms with E-state index in [2.05, 4.69) is 22.1 Å². The van der Waals surface area contributed by atoms with Crippen LogP contribution >= 0.6 is 0 Å². The number of amides is 1. The lowest BCUT2D eigenvalue weighted by atomic mass is 10.2. The van der Waals surface area contributed by atoms with Gasteiger partial charge in [0.1, 0.15) is 12.3 Å². The molecule has 0 aliphatic carbocycles. The van der Waals surface area contributed by atoms with E-state index < -0.39 is 10.8 Å². The average Bonchev–Trinajstić information content (AvgIpc) is 2.45. The van der Waals surface area contributed by atoms with Crippen LogP contribution in [0.2, 0.25) is 0 Å². The van der Waals surface area contributed by atoms with Crippen molar-refractivity contribution in [1.29, 1.82) is 0 Å². The van der Waals surface area contributed by atoms with Crippen LogP contribution in [0.3, 0.4) is 0 Å². The Kier molecular flexibility index (Phi) is 6.79. The van der Waals surface area contributed by atoms with Gasteiger partial charge in [-0.2, -0.15) is 0 Å². The molecule has 6 heteroatoms. The van der Waals surface area contributed by atoms with E-state index in [1.807, 2.05) is 6.92 Å². The van der Waals surface area contributed by atoms with E-state index in [9.17, 15) is 9.00 Å². The number of aliphatic hydroxyl groups excluding tert-OH is 1. The Morgan fingerprint density at radius 2 is 2.37 bits per heavy atom. The van der Waals surface area contributed by atoms with Crippen LogP contribution in [0.4, 0.5) is 0 Å². The van der Waals surface area contributed by atoms with E-state index in [4.69, 9.17) is 5.11 Å². The SMILES string of the molecule is CCS(=O)CCNC(=O)c1ncccc1C#CCO. The van der Waals surface area contributed by atoms with Gasteiger partial charge in [-0.05, 0) is 12.1 Å². The van der Waals surface area contributed by atoms with Crippen LogP contribution in [-0.4, -0.2) is 44.9 Å². The average molecular weight is 280 g/mol. The molecule has 0 aliphatic heterocycles. The summed E-state index contributed by atoms with van der Waals surface area (Å²) in [6, 6.07) is 3.33. The first-order valence-corrected chi connectivity index (χ1v) is 7.35. The number of hydrogen-bond donors (Lipinski definition) is 2. The second-order valence-corrected chi connectivity index (χ2v) is 5.41. The fraction of sp³-hybridized carbons (Fsp3) is 0.385. The first kappa shape index (κ1) is 15.3. The van der Waals surface area contributed by atoms with Crippen LogP contribution in [0.15, 0.2) is 18.3 Å². The highest BCUT2D eigenvalue weighted by atomic mass is 32.2. The van der Waals surface area contributed by atoms with Crippen molar-refractivity contribution < 1.29 is 14.1 Å². The zero-order valence-corrected chi connectivity index (χ0v) is 11.5. The van der Waals surface area contributed by atoms with Crippen LogP contribution in [0, 0.1) is 11.8 Å². The topological polar surface area (TPSA) is 79.3 Å². The van der Waals surface area contributed by atoms with E-state index in [1.165, 1.54) is 6.20 Å². The molecule has 0 spiro atoms. The zero-order chi connectivity index (χ0) is 14.1. The summed E-state index contributed by atoms with van der Waals surface area (Å²) in [7, 11) is -0.906.